The van der Waals surface area contributed by atoms with Gasteiger partial charge in [-0.3, -0.25) is 15.0 Å². The van der Waals surface area contributed by atoms with E-state index in [9.17, 15) is 14.9 Å². The van der Waals surface area contributed by atoms with Gasteiger partial charge < -0.3 is 9.64 Å². The molecule has 8 heteroatoms. The number of nitro groups is 1. The summed E-state index contributed by atoms with van der Waals surface area (Å²) in [5.41, 5.74) is 0.974. The quantitative estimate of drug-likeness (QED) is 0.582. The summed E-state index contributed by atoms with van der Waals surface area (Å²) in [5, 5.41) is 11.5. The topological polar surface area (TPSA) is 75.9 Å². The summed E-state index contributed by atoms with van der Waals surface area (Å²) in [4.78, 5) is 27.0. The molecule has 0 unspecified atom stereocenters. The van der Waals surface area contributed by atoms with Gasteiger partial charge in [-0.2, -0.15) is 0 Å². The number of ether oxygens (including phenoxy) is 1. The molecule has 0 N–H and O–H groups in total. The third-order valence-corrected chi connectivity index (χ3v) is 4.60. The van der Waals surface area contributed by atoms with Gasteiger partial charge in [0.1, 0.15) is 5.60 Å². The molecule has 144 valence electrons. The molecule has 0 aliphatic carbocycles. The van der Waals surface area contributed by atoms with Crippen molar-refractivity contribution in [1.29, 1.82) is 0 Å². The molecule has 1 heterocycles. The maximum Gasteiger partial charge on any atom is 0.410 e. The van der Waals surface area contributed by atoms with Gasteiger partial charge in [-0.15, -0.1) is 0 Å². The molecule has 1 aromatic rings. The van der Waals surface area contributed by atoms with Crippen LogP contribution in [0.4, 0.5) is 10.5 Å². The summed E-state index contributed by atoms with van der Waals surface area (Å²) in [6, 6.07) is 3.14. The van der Waals surface area contributed by atoms with Crippen LogP contribution in [0.15, 0.2) is 12.1 Å². The second-order valence-electron chi connectivity index (χ2n) is 7.72. The average molecular weight is 384 g/mol. The maximum atomic E-state index is 12.3. The van der Waals surface area contributed by atoms with E-state index in [0.717, 1.165) is 5.56 Å². The molecule has 26 heavy (non-hydrogen) atoms. The fourth-order valence-corrected chi connectivity index (χ4v) is 3.32. The zero-order valence-corrected chi connectivity index (χ0v) is 16.7. The Morgan fingerprint density at radius 1 is 1.38 bits per heavy atom. The second kappa shape index (κ2) is 7.80. The average Bonchev–Trinajstić information content (AvgIpc) is 2.48. The number of piperazine rings is 1. The highest BCUT2D eigenvalue weighted by molar-refractivity contribution is 6.30. The molecule has 0 aromatic heterocycles. The van der Waals surface area contributed by atoms with Gasteiger partial charge in [0, 0.05) is 48.9 Å². The van der Waals surface area contributed by atoms with Crippen molar-refractivity contribution >= 4 is 23.4 Å². The number of amides is 1. The number of halogens is 1. The molecule has 0 radical (unpaired) electrons. The number of hydrogen-bond donors (Lipinski definition) is 0. The summed E-state index contributed by atoms with van der Waals surface area (Å²) in [7, 11) is 0. The van der Waals surface area contributed by atoms with Crippen LogP contribution in [0.3, 0.4) is 0 Å². The zero-order valence-electron chi connectivity index (χ0n) is 15.9. The molecule has 0 spiro atoms. The first-order valence-electron chi connectivity index (χ1n) is 8.63. The molecule has 2 rings (SSSR count). The van der Waals surface area contributed by atoms with Gasteiger partial charge in [0.2, 0.25) is 0 Å². The predicted molar refractivity (Wildman–Crippen MR) is 101 cm³/mol. The van der Waals surface area contributed by atoms with E-state index in [1.165, 1.54) is 6.07 Å². The fourth-order valence-electron chi connectivity index (χ4n) is 3.08. The summed E-state index contributed by atoms with van der Waals surface area (Å²) >= 11 is 6.05. The summed E-state index contributed by atoms with van der Waals surface area (Å²) in [6.45, 7) is 11.7. The molecular weight excluding hydrogens is 358 g/mol. The van der Waals surface area contributed by atoms with E-state index in [-0.39, 0.29) is 17.8 Å². The van der Waals surface area contributed by atoms with Crippen molar-refractivity contribution in [3.05, 3.63) is 38.4 Å². The molecule has 1 atom stereocenters. The number of rotatable bonds is 3. The molecule has 1 aliphatic heterocycles. The summed E-state index contributed by atoms with van der Waals surface area (Å²) < 4.78 is 5.45. The van der Waals surface area contributed by atoms with Crippen molar-refractivity contribution in [2.45, 2.75) is 52.8 Å². The van der Waals surface area contributed by atoms with Crippen LogP contribution in [0, 0.1) is 17.0 Å². The molecule has 1 fully saturated rings. The van der Waals surface area contributed by atoms with Gasteiger partial charge in [0.25, 0.3) is 5.69 Å². The van der Waals surface area contributed by atoms with E-state index >= 15 is 0 Å². The second-order valence-corrected chi connectivity index (χ2v) is 8.16. The first-order chi connectivity index (χ1) is 12.0. The molecule has 1 aliphatic rings. The van der Waals surface area contributed by atoms with Crippen molar-refractivity contribution in [2.75, 3.05) is 19.6 Å². The molecule has 1 amide bonds. The van der Waals surface area contributed by atoms with Crippen LogP contribution in [-0.4, -0.2) is 52.1 Å². The number of nitrogens with zero attached hydrogens (tertiary/aromatic N) is 3. The Kier molecular flexibility index (Phi) is 6.13. The lowest BCUT2D eigenvalue weighted by Crippen LogP contribution is -2.54. The minimum atomic E-state index is -0.523. The smallest absolute Gasteiger partial charge is 0.410 e. The number of carbonyl (C=O) groups is 1. The van der Waals surface area contributed by atoms with E-state index < -0.39 is 10.5 Å². The normalized spacial score (nSPS) is 18.7. The number of carbonyl (C=O) groups excluding carboxylic acids is 1. The van der Waals surface area contributed by atoms with Crippen LogP contribution < -0.4 is 0 Å². The Hall–Kier alpha value is -1.86. The SMILES string of the molecule is Cc1c(CN2CCN(C(=O)OC(C)(C)C)[C@@H](C)C2)cc(Cl)cc1[N+](=O)[O-]. The Bertz CT molecular complexity index is 702. The lowest BCUT2D eigenvalue weighted by atomic mass is 10.1. The van der Waals surface area contributed by atoms with Gasteiger partial charge in [-0.25, -0.2) is 4.79 Å². The van der Waals surface area contributed by atoms with Crippen LogP contribution in [-0.2, 0) is 11.3 Å². The van der Waals surface area contributed by atoms with E-state index in [1.807, 2.05) is 27.7 Å². The van der Waals surface area contributed by atoms with Gasteiger partial charge in [0.15, 0.2) is 0 Å². The van der Waals surface area contributed by atoms with E-state index in [1.54, 1.807) is 17.9 Å². The lowest BCUT2D eigenvalue weighted by Gasteiger charge is -2.40. The molecule has 0 saturated carbocycles. The lowest BCUT2D eigenvalue weighted by molar-refractivity contribution is -0.385. The van der Waals surface area contributed by atoms with Crippen molar-refractivity contribution in [3.63, 3.8) is 0 Å². The minimum absolute atomic E-state index is 0.00641. The molecule has 1 saturated heterocycles. The standard InChI is InChI=1S/C18H26ClN3O4/c1-12-10-20(6-7-21(12)17(23)26-18(3,4)5)11-14-8-15(19)9-16(13(14)2)22(24)25/h8-9,12H,6-7,10-11H2,1-5H3/t12-/m0/s1. The Morgan fingerprint density at radius 3 is 2.58 bits per heavy atom. The molecular formula is C18H26ClN3O4. The Balaban J connectivity index is 2.06. The first-order valence-corrected chi connectivity index (χ1v) is 9.01. The van der Waals surface area contributed by atoms with Gasteiger partial charge in [-0.05, 0) is 46.2 Å². The summed E-state index contributed by atoms with van der Waals surface area (Å²) in [5.74, 6) is 0. The van der Waals surface area contributed by atoms with Gasteiger partial charge >= 0.3 is 6.09 Å². The van der Waals surface area contributed by atoms with Crippen LogP contribution >= 0.6 is 11.6 Å². The number of hydrogen-bond acceptors (Lipinski definition) is 5. The third-order valence-electron chi connectivity index (χ3n) is 4.38. The van der Waals surface area contributed by atoms with Crippen LogP contribution in [0.1, 0.15) is 38.8 Å². The number of benzene rings is 1. The fraction of sp³-hybridized carbons (Fsp3) is 0.611. The monoisotopic (exact) mass is 383 g/mol. The Labute approximate surface area is 159 Å². The van der Waals surface area contributed by atoms with E-state index in [0.29, 0.717) is 36.8 Å². The van der Waals surface area contributed by atoms with Crippen molar-refractivity contribution < 1.29 is 14.5 Å². The van der Waals surface area contributed by atoms with Crippen molar-refractivity contribution in [3.8, 4) is 0 Å². The summed E-state index contributed by atoms with van der Waals surface area (Å²) in [6.07, 6.45) is -0.306. The van der Waals surface area contributed by atoms with E-state index in [2.05, 4.69) is 4.90 Å². The highest BCUT2D eigenvalue weighted by atomic mass is 35.5. The number of nitro benzene ring substituents is 1. The highest BCUT2D eigenvalue weighted by Gasteiger charge is 2.31. The maximum absolute atomic E-state index is 12.3. The zero-order chi connectivity index (χ0) is 19.6. The van der Waals surface area contributed by atoms with Crippen LogP contribution in [0.5, 0.6) is 0 Å². The van der Waals surface area contributed by atoms with Crippen LogP contribution in [0.25, 0.3) is 0 Å². The van der Waals surface area contributed by atoms with Gasteiger partial charge in [0.05, 0.1) is 4.92 Å². The molecule has 0 bridgehead atoms. The predicted octanol–water partition coefficient (Wildman–Crippen LogP) is 4.00. The Morgan fingerprint density at radius 2 is 2.04 bits per heavy atom. The first kappa shape index (κ1) is 20.5. The highest BCUT2D eigenvalue weighted by Crippen LogP contribution is 2.28. The minimum Gasteiger partial charge on any atom is -0.444 e. The van der Waals surface area contributed by atoms with Crippen molar-refractivity contribution in [2.24, 2.45) is 0 Å². The largest absolute Gasteiger partial charge is 0.444 e. The third kappa shape index (κ3) is 5.08. The molecule has 1 aromatic carbocycles. The van der Waals surface area contributed by atoms with E-state index in [4.69, 9.17) is 16.3 Å². The van der Waals surface area contributed by atoms with Crippen molar-refractivity contribution in [1.82, 2.24) is 9.80 Å². The van der Waals surface area contributed by atoms with Crippen LogP contribution in [0.2, 0.25) is 5.02 Å². The van der Waals surface area contributed by atoms with Gasteiger partial charge in [-0.1, -0.05) is 11.6 Å². The molecule has 7 nitrogen and oxygen atoms in total.